The Hall–Kier alpha value is -5.85. The Bertz CT molecular complexity index is 2430. The number of nitrogens with zero attached hydrogens (tertiary/aromatic N) is 1. The lowest BCUT2D eigenvalue weighted by molar-refractivity contribution is 0.106. The smallest absolute Gasteiger partial charge is 0.339 e. The largest absolute Gasteiger partial charge is 0.508 e. The van der Waals surface area contributed by atoms with Crippen molar-refractivity contribution < 1.29 is 18.7 Å². The van der Waals surface area contributed by atoms with Crippen molar-refractivity contribution in [3.05, 3.63) is 188 Å². The first kappa shape index (κ1) is 38.4. The number of halogens is 1. The zero-order chi connectivity index (χ0) is 39.2. The molecule has 0 spiro atoms. The molecule has 2 aromatic heterocycles. The first-order valence-corrected chi connectivity index (χ1v) is 19.5. The van der Waals surface area contributed by atoms with Crippen LogP contribution in [0.1, 0.15) is 102 Å². The molecule has 6 heteroatoms. The number of hydrogen-bond acceptors (Lipinski definition) is 5. The number of allylic oxidation sites excluding steroid dienone is 2. The third kappa shape index (κ3) is 8.51. The molecule has 0 bridgehead atoms. The maximum Gasteiger partial charge on any atom is 0.339 e. The summed E-state index contributed by atoms with van der Waals surface area (Å²) < 4.78 is 25.0. The van der Waals surface area contributed by atoms with E-state index in [1.54, 1.807) is 12.1 Å². The summed E-state index contributed by atoms with van der Waals surface area (Å²) in [7, 11) is 0. The molecule has 0 fully saturated rings. The lowest BCUT2D eigenvalue weighted by Crippen LogP contribution is -2.14. The van der Waals surface area contributed by atoms with Gasteiger partial charge in [-0.1, -0.05) is 131 Å². The number of aromatic hydroxyl groups is 1. The molecule has 6 aromatic rings. The van der Waals surface area contributed by atoms with Crippen molar-refractivity contribution >= 4 is 12.2 Å². The van der Waals surface area contributed by atoms with Gasteiger partial charge in [-0.15, -0.1) is 0 Å². The maximum atomic E-state index is 14.3. The van der Waals surface area contributed by atoms with E-state index < -0.39 is 5.63 Å². The minimum atomic E-state index is -0.537. The van der Waals surface area contributed by atoms with Crippen molar-refractivity contribution in [2.75, 3.05) is 0 Å². The van der Waals surface area contributed by atoms with Gasteiger partial charge < -0.3 is 14.3 Å². The molecule has 2 heterocycles. The monoisotopic (exact) mass is 745 g/mol. The van der Waals surface area contributed by atoms with Crippen LogP contribution in [0.15, 0.2) is 131 Å². The molecular weight excluding hydrogens is 698 g/mol. The fourth-order valence-electron chi connectivity index (χ4n) is 7.94. The second-order valence-corrected chi connectivity index (χ2v) is 15.1. The summed E-state index contributed by atoms with van der Waals surface area (Å²) in [6, 6.07) is 33.0. The average Bonchev–Trinajstić information content (AvgIpc) is 3.20. The van der Waals surface area contributed by atoms with Gasteiger partial charge in [0.15, 0.2) is 0 Å². The number of pyridine rings is 1. The molecule has 5 nitrogen and oxygen atoms in total. The topological polar surface area (TPSA) is 72.6 Å². The van der Waals surface area contributed by atoms with Gasteiger partial charge in [0, 0.05) is 28.8 Å². The highest BCUT2D eigenvalue weighted by molar-refractivity contribution is 5.82. The molecule has 0 radical (unpaired) electrons. The number of ether oxygens (including phenoxy) is 1. The molecule has 0 saturated heterocycles. The first-order chi connectivity index (χ1) is 27.2. The average molecular weight is 746 g/mol. The fraction of sp³-hybridized carbons (Fsp3) is 0.240. The van der Waals surface area contributed by atoms with Gasteiger partial charge in [0.1, 0.15) is 11.6 Å². The molecule has 2 aliphatic rings. The van der Waals surface area contributed by atoms with E-state index in [2.05, 4.69) is 105 Å². The van der Waals surface area contributed by atoms with Gasteiger partial charge >= 0.3 is 5.63 Å². The van der Waals surface area contributed by atoms with Crippen molar-refractivity contribution in [1.29, 1.82) is 0 Å². The Balaban J connectivity index is 0.000000536. The van der Waals surface area contributed by atoms with Gasteiger partial charge in [0.05, 0.1) is 31.2 Å². The van der Waals surface area contributed by atoms with Gasteiger partial charge in [-0.05, 0) is 93.3 Å². The minimum absolute atomic E-state index is 0.0683. The number of aromatic nitrogens is 1. The predicted octanol–water partition coefficient (Wildman–Crippen LogP) is 12.2. The summed E-state index contributed by atoms with van der Waals surface area (Å²) in [6.45, 7) is 9.76. The van der Waals surface area contributed by atoms with Crippen LogP contribution < -0.4 is 5.63 Å². The van der Waals surface area contributed by atoms with E-state index in [0.717, 1.165) is 70.8 Å². The van der Waals surface area contributed by atoms with Crippen LogP contribution in [0.4, 0.5) is 4.39 Å². The SMILES string of the molecule is CC(C)c1nc(C(C)C)c(COCc2ccccc2)c(-c2ccc(F)cc2)c1C=CC1Cc2c(ccc3c2CCC=C3)-c2ccccc21.O=c1cc(O)cco1. The molecular formula is C50H48FNO4. The molecule has 1 atom stereocenters. The summed E-state index contributed by atoms with van der Waals surface area (Å²) in [5.41, 5.74) is 15.4. The quantitative estimate of drug-likeness (QED) is 0.160. The molecule has 56 heavy (non-hydrogen) atoms. The molecule has 1 unspecified atom stereocenters. The Morgan fingerprint density at radius 2 is 1.61 bits per heavy atom. The van der Waals surface area contributed by atoms with Crippen LogP contribution in [0.25, 0.3) is 34.4 Å². The van der Waals surface area contributed by atoms with E-state index in [0.29, 0.717) is 13.2 Å². The number of benzene rings is 4. The summed E-state index contributed by atoms with van der Waals surface area (Å²) in [4.78, 5) is 15.6. The van der Waals surface area contributed by atoms with Crippen LogP contribution in [0.2, 0.25) is 0 Å². The zero-order valence-electron chi connectivity index (χ0n) is 32.5. The van der Waals surface area contributed by atoms with Crippen LogP contribution in [-0.4, -0.2) is 10.1 Å². The van der Waals surface area contributed by atoms with E-state index in [1.165, 1.54) is 39.4 Å². The Morgan fingerprint density at radius 1 is 0.857 bits per heavy atom. The highest BCUT2D eigenvalue weighted by Gasteiger charge is 2.28. The normalized spacial score (nSPS) is 14.3. The van der Waals surface area contributed by atoms with E-state index in [4.69, 9.17) is 14.8 Å². The Morgan fingerprint density at radius 3 is 2.32 bits per heavy atom. The highest BCUT2D eigenvalue weighted by atomic mass is 19.1. The summed E-state index contributed by atoms with van der Waals surface area (Å²) in [5.74, 6) is 0.294. The maximum absolute atomic E-state index is 14.3. The second-order valence-electron chi connectivity index (χ2n) is 15.1. The van der Waals surface area contributed by atoms with Crippen molar-refractivity contribution in [2.24, 2.45) is 0 Å². The van der Waals surface area contributed by atoms with Gasteiger partial charge in [-0.3, -0.25) is 4.98 Å². The second kappa shape index (κ2) is 17.3. The molecule has 1 N–H and O–H groups in total. The van der Waals surface area contributed by atoms with Gasteiger partial charge in [0.2, 0.25) is 0 Å². The first-order valence-electron chi connectivity index (χ1n) is 19.5. The molecule has 284 valence electrons. The summed E-state index contributed by atoms with van der Waals surface area (Å²) >= 11 is 0. The number of fused-ring (bicyclic) bond motifs is 5. The number of rotatable bonds is 9. The third-order valence-corrected chi connectivity index (χ3v) is 10.6. The van der Waals surface area contributed by atoms with Crippen molar-refractivity contribution in [1.82, 2.24) is 4.98 Å². The fourth-order valence-corrected chi connectivity index (χ4v) is 7.94. The Labute approximate surface area is 328 Å². The van der Waals surface area contributed by atoms with Crippen LogP contribution in [0.3, 0.4) is 0 Å². The van der Waals surface area contributed by atoms with Crippen LogP contribution >= 0.6 is 0 Å². The van der Waals surface area contributed by atoms with E-state index in [1.807, 2.05) is 30.3 Å². The third-order valence-electron chi connectivity index (χ3n) is 10.6. The zero-order valence-corrected chi connectivity index (χ0v) is 32.5. The van der Waals surface area contributed by atoms with Gasteiger partial charge in [-0.2, -0.15) is 0 Å². The molecule has 0 amide bonds. The molecule has 8 rings (SSSR count). The minimum Gasteiger partial charge on any atom is -0.508 e. The summed E-state index contributed by atoms with van der Waals surface area (Å²) in [5, 5.41) is 8.55. The lowest BCUT2D eigenvalue weighted by Gasteiger charge is -2.30. The van der Waals surface area contributed by atoms with E-state index >= 15 is 0 Å². The molecule has 0 saturated carbocycles. The molecule has 2 aliphatic carbocycles. The number of hydrogen-bond donors (Lipinski definition) is 1. The standard InChI is InChI=1S/C45H44FNO.C5H4O3/c1-29(2)44-40(25-21-34-26-41-36-15-9-8-14-32(36)20-24-39(41)38-17-11-10-16-37(34)38)43(33-18-22-35(46)23-19-33)42(45(47-44)30(3)4)28-48-27-31-12-6-5-7-13-31;6-4-1-2-8-5(7)3-4/h5-8,10-14,16-25,29-30,34H,9,15,26-28H2,1-4H3;1-3,6H. The van der Waals surface area contributed by atoms with Gasteiger partial charge in [0.25, 0.3) is 0 Å². The summed E-state index contributed by atoms with van der Waals surface area (Å²) in [6.07, 6.45) is 13.6. The van der Waals surface area contributed by atoms with Crippen LogP contribution in [0, 0.1) is 5.82 Å². The van der Waals surface area contributed by atoms with Crippen molar-refractivity contribution in [3.63, 3.8) is 0 Å². The molecule has 0 aliphatic heterocycles. The lowest BCUT2D eigenvalue weighted by atomic mass is 9.74. The van der Waals surface area contributed by atoms with Gasteiger partial charge in [-0.25, -0.2) is 9.18 Å². The predicted molar refractivity (Wildman–Crippen MR) is 224 cm³/mol. The highest BCUT2D eigenvalue weighted by Crippen LogP contribution is 2.45. The van der Waals surface area contributed by atoms with Crippen LogP contribution in [0.5, 0.6) is 5.75 Å². The van der Waals surface area contributed by atoms with Crippen molar-refractivity contribution in [3.8, 4) is 28.0 Å². The van der Waals surface area contributed by atoms with Crippen LogP contribution in [-0.2, 0) is 30.8 Å². The van der Waals surface area contributed by atoms with Crippen molar-refractivity contribution in [2.45, 2.75) is 77.9 Å². The van der Waals surface area contributed by atoms with E-state index in [9.17, 15) is 9.18 Å². The molecule has 4 aromatic carbocycles. The van der Waals surface area contributed by atoms with E-state index in [-0.39, 0.29) is 29.3 Å². The Kier molecular flexibility index (Phi) is 11.9.